The molecule has 0 saturated heterocycles. The Kier molecular flexibility index (Phi) is 4.07. The summed E-state index contributed by atoms with van der Waals surface area (Å²) in [5.74, 6) is 0.582. The average molecular weight is 300 g/mol. The largest absolute Gasteiger partial charge is 0.355 e. The molecule has 1 atom stereocenters. The zero-order valence-electron chi connectivity index (χ0n) is 11.0. The molecule has 0 fully saturated rings. The summed E-state index contributed by atoms with van der Waals surface area (Å²) in [5, 5.41) is 3.63. The first-order valence-electron chi connectivity index (χ1n) is 5.98. The quantitative estimate of drug-likeness (QED) is 0.921. The molecule has 0 aliphatic rings. The van der Waals surface area contributed by atoms with Gasteiger partial charge < -0.3 is 4.52 Å². The van der Waals surface area contributed by atoms with Gasteiger partial charge in [-0.1, -0.05) is 12.1 Å². The molecule has 0 bridgehead atoms. The lowest BCUT2D eigenvalue weighted by Gasteiger charge is -2.11. The molecule has 2 heterocycles. The second-order valence-corrected chi connectivity index (χ2v) is 7.28. The maximum absolute atomic E-state index is 12.3. The molecule has 7 heteroatoms. The molecule has 0 unspecified atom stereocenters. The van der Waals surface area contributed by atoms with E-state index in [0.717, 1.165) is 16.2 Å². The van der Waals surface area contributed by atoms with Gasteiger partial charge in [0.25, 0.3) is 0 Å². The smallest absolute Gasteiger partial charge is 0.241 e. The molecule has 0 aliphatic carbocycles. The molecule has 0 spiro atoms. The molecule has 5 nitrogen and oxygen atoms in total. The third kappa shape index (κ3) is 3.05. The van der Waals surface area contributed by atoms with E-state index >= 15 is 0 Å². The Morgan fingerprint density at radius 3 is 2.84 bits per heavy atom. The number of nitrogens with zero attached hydrogens (tertiary/aromatic N) is 1. The Morgan fingerprint density at radius 2 is 2.26 bits per heavy atom. The Bertz CT molecular complexity index is 645. The van der Waals surface area contributed by atoms with Gasteiger partial charge in [0.2, 0.25) is 10.0 Å². The molecule has 2 rings (SSSR count). The third-order valence-electron chi connectivity index (χ3n) is 2.81. The van der Waals surface area contributed by atoms with E-state index in [2.05, 4.69) is 9.88 Å². The fourth-order valence-corrected chi connectivity index (χ4v) is 4.48. The molecule has 2 aromatic heterocycles. The molecule has 1 N–H and O–H groups in total. The fraction of sp³-hybridized carbons (Fsp3) is 0.417. The second-order valence-electron chi connectivity index (χ2n) is 4.34. The van der Waals surface area contributed by atoms with Crippen LogP contribution in [-0.4, -0.2) is 19.6 Å². The lowest BCUT2D eigenvalue weighted by atomic mass is 10.3. The van der Waals surface area contributed by atoms with E-state index < -0.39 is 10.0 Å². The highest BCUT2D eigenvalue weighted by Crippen LogP contribution is 2.33. The van der Waals surface area contributed by atoms with Crippen molar-refractivity contribution >= 4 is 21.4 Å². The summed E-state index contributed by atoms with van der Waals surface area (Å²) in [6, 6.07) is 3.26. The van der Waals surface area contributed by atoms with Crippen molar-refractivity contribution < 1.29 is 12.9 Å². The van der Waals surface area contributed by atoms with E-state index in [-0.39, 0.29) is 6.04 Å². The van der Waals surface area contributed by atoms with Crippen LogP contribution in [0.4, 0.5) is 0 Å². The van der Waals surface area contributed by atoms with Crippen LogP contribution in [-0.2, 0) is 10.0 Å². The maximum Gasteiger partial charge on any atom is 0.241 e. The zero-order valence-corrected chi connectivity index (χ0v) is 12.6. The number of sulfonamides is 1. The Hall–Kier alpha value is -1.18. The van der Waals surface area contributed by atoms with E-state index in [9.17, 15) is 8.42 Å². The predicted molar refractivity (Wildman–Crippen MR) is 74.6 cm³/mol. The van der Waals surface area contributed by atoms with Crippen molar-refractivity contribution in [3.63, 3.8) is 0 Å². The van der Waals surface area contributed by atoms with Gasteiger partial charge in [-0.2, -0.15) is 0 Å². The highest BCUT2D eigenvalue weighted by molar-refractivity contribution is 7.89. The highest BCUT2D eigenvalue weighted by atomic mass is 32.2. The molecule has 19 heavy (non-hydrogen) atoms. The molecule has 0 aromatic carbocycles. The summed E-state index contributed by atoms with van der Waals surface area (Å²) in [5.41, 5.74) is 0. The van der Waals surface area contributed by atoms with Crippen LogP contribution in [0, 0.1) is 6.92 Å². The number of thiophene rings is 1. The van der Waals surface area contributed by atoms with Gasteiger partial charge >= 0.3 is 0 Å². The van der Waals surface area contributed by atoms with Gasteiger partial charge in [-0.15, -0.1) is 11.3 Å². The number of hydrogen-bond acceptors (Lipinski definition) is 5. The fourth-order valence-electron chi connectivity index (χ4n) is 1.61. The minimum atomic E-state index is -3.47. The summed E-state index contributed by atoms with van der Waals surface area (Å²) < 4.78 is 32.2. The van der Waals surface area contributed by atoms with E-state index in [1.54, 1.807) is 19.1 Å². The van der Waals surface area contributed by atoms with Gasteiger partial charge in [-0.05, 0) is 26.3 Å². The van der Waals surface area contributed by atoms with Crippen LogP contribution in [0.1, 0.15) is 25.1 Å². The molecule has 0 amide bonds. The standard InChI is InChI=1S/C12H16N2O3S2/c1-4-8(2)14-19(15,16)12-7-11(18-9(12)3)10-5-6-13-17-10/h5-8,14H,4H2,1-3H3/t8-/m0/s1. The van der Waals surface area contributed by atoms with Crippen LogP contribution in [0.25, 0.3) is 10.6 Å². The first-order valence-corrected chi connectivity index (χ1v) is 8.28. The third-order valence-corrected chi connectivity index (χ3v) is 5.72. The van der Waals surface area contributed by atoms with E-state index in [1.807, 2.05) is 13.8 Å². The van der Waals surface area contributed by atoms with Crippen LogP contribution < -0.4 is 4.72 Å². The first-order chi connectivity index (χ1) is 8.94. The van der Waals surface area contributed by atoms with Crippen LogP contribution in [0.3, 0.4) is 0 Å². The van der Waals surface area contributed by atoms with Crippen molar-refractivity contribution in [1.82, 2.24) is 9.88 Å². The molecule has 104 valence electrons. The molecule has 0 radical (unpaired) electrons. The van der Waals surface area contributed by atoms with Gasteiger partial charge in [0, 0.05) is 17.0 Å². The van der Waals surface area contributed by atoms with E-state index in [4.69, 9.17) is 4.52 Å². The summed E-state index contributed by atoms with van der Waals surface area (Å²) in [4.78, 5) is 1.81. The Balaban J connectivity index is 2.36. The van der Waals surface area contributed by atoms with Gasteiger partial charge in [0.05, 0.1) is 16.0 Å². The number of hydrogen-bond donors (Lipinski definition) is 1. The molecular formula is C12H16N2O3S2. The van der Waals surface area contributed by atoms with Crippen LogP contribution >= 0.6 is 11.3 Å². The van der Waals surface area contributed by atoms with Crippen LogP contribution in [0.2, 0.25) is 0 Å². The number of nitrogens with one attached hydrogen (secondary N) is 1. The number of rotatable bonds is 5. The minimum Gasteiger partial charge on any atom is -0.355 e. The Morgan fingerprint density at radius 1 is 1.53 bits per heavy atom. The zero-order chi connectivity index (χ0) is 14.0. The molecular weight excluding hydrogens is 284 g/mol. The molecule has 2 aromatic rings. The van der Waals surface area contributed by atoms with Crippen molar-refractivity contribution in [2.24, 2.45) is 0 Å². The summed E-state index contributed by atoms with van der Waals surface area (Å²) in [6.45, 7) is 5.57. The van der Waals surface area contributed by atoms with E-state index in [0.29, 0.717) is 10.7 Å². The SMILES string of the molecule is CC[C@H](C)NS(=O)(=O)c1cc(-c2ccno2)sc1C. The van der Waals surface area contributed by atoms with Crippen molar-refractivity contribution in [2.45, 2.75) is 38.1 Å². The van der Waals surface area contributed by atoms with Gasteiger partial charge in [-0.25, -0.2) is 13.1 Å². The summed E-state index contributed by atoms with van der Waals surface area (Å²) >= 11 is 1.38. The highest BCUT2D eigenvalue weighted by Gasteiger charge is 2.22. The number of aromatic nitrogens is 1. The lowest BCUT2D eigenvalue weighted by Crippen LogP contribution is -2.32. The van der Waals surface area contributed by atoms with Crippen molar-refractivity contribution in [2.75, 3.05) is 0 Å². The Labute approximate surface area is 116 Å². The van der Waals surface area contributed by atoms with Gasteiger partial charge in [0.15, 0.2) is 5.76 Å². The summed E-state index contributed by atoms with van der Waals surface area (Å²) in [7, 11) is -3.47. The number of aryl methyl sites for hydroxylation is 1. The van der Waals surface area contributed by atoms with Gasteiger partial charge in [-0.3, -0.25) is 0 Å². The van der Waals surface area contributed by atoms with E-state index in [1.165, 1.54) is 17.5 Å². The van der Waals surface area contributed by atoms with Crippen LogP contribution in [0.5, 0.6) is 0 Å². The van der Waals surface area contributed by atoms with Crippen molar-refractivity contribution in [1.29, 1.82) is 0 Å². The maximum atomic E-state index is 12.3. The first kappa shape index (κ1) is 14.2. The van der Waals surface area contributed by atoms with Crippen molar-refractivity contribution in [3.8, 4) is 10.6 Å². The van der Waals surface area contributed by atoms with Crippen LogP contribution in [0.15, 0.2) is 27.7 Å². The topological polar surface area (TPSA) is 72.2 Å². The van der Waals surface area contributed by atoms with Gasteiger partial charge in [0.1, 0.15) is 0 Å². The monoisotopic (exact) mass is 300 g/mol. The second kappa shape index (κ2) is 5.44. The normalized spacial score (nSPS) is 13.6. The van der Waals surface area contributed by atoms with Crippen molar-refractivity contribution in [3.05, 3.63) is 23.2 Å². The molecule has 0 aliphatic heterocycles. The predicted octanol–water partition coefficient (Wildman–Crippen LogP) is 2.79. The minimum absolute atomic E-state index is 0.0852. The molecule has 0 saturated carbocycles. The lowest BCUT2D eigenvalue weighted by molar-refractivity contribution is 0.433. The summed E-state index contributed by atoms with van der Waals surface area (Å²) in [6.07, 6.45) is 2.29. The average Bonchev–Trinajstić information content (AvgIpc) is 2.96.